The number of nitrogens with one attached hydrogen (secondary N) is 2. The minimum Gasteiger partial charge on any atom is -0.349 e. The van der Waals surface area contributed by atoms with Crippen molar-refractivity contribution in [2.45, 2.75) is 56.3 Å². The quantitative estimate of drug-likeness (QED) is 0.169. The topological polar surface area (TPSA) is 258 Å². The number of hydrogen-bond acceptors (Lipinski definition) is 14. The van der Waals surface area contributed by atoms with Crippen molar-refractivity contribution in [1.82, 2.24) is 19.1 Å². The second-order valence-electron chi connectivity index (χ2n) is 9.40. The summed E-state index contributed by atoms with van der Waals surface area (Å²) in [5.74, 6) is 0. The van der Waals surface area contributed by atoms with Crippen LogP contribution in [0.5, 0.6) is 0 Å². The molecular formula is C20H26N4O16P2. The average Bonchev–Trinajstić information content (AvgIpc) is 3.44. The highest BCUT2D eigenvalue weighted by molar-refractivity contribution is 7.47. The van der Waals surface area contributed by atoms with Crippen molar-refractivity contribution in [2.24, 2.45) is 0 Å². The summed E-state index contributed by atoms with van der Waals surface area (Å²) in [7, 11) is -8.82. The third-order valence-corrected chi connectivity index (χ3v) is 8.58. The van der Waals surface area contributed by atoms with Crippen LogP contribution in [0.25, 0.3) is 0 Å². The molecule has 0 saturated carbocycles. The fraction of sp³-hybridized carbons (Fsp3) is 0.600. The molecule has 2 unspecified atom stereocenters. The number of phosphoric ester groups is 2. The van der Waals surface area contributed by atoms with Gasteiger partial charge < -0.3 is 19.3 Å². The fourth-order valence-electron chi connectivity index (χ4n) is 4.69. The Morgan fingerprint density at radius 2 is 1.60 bits per heavy atom. The average molecular weight is 640 g/mol. The molecule has 42 heavy (non-hydrogen) atoms. The van der Waals surface area contributed by atoms with E-state index in [0.717, 1.165) is 28.5 Å². The number of phosphoric acid groups is 2. The van der Waals surface area contributed by atoms with Gasteiger partial charge in [0.25, 0.3) is 11.1 Å². The molecule has 0 amide bonds. The molecule has 0 aromatic carbocycles. The van der Waals surface area contributed by atoms with Gasteiger partial charge in [-0.1, -0.05) is 0 Å². The fourth-order valence-corrected chi connectivity index (χ4v) is 6.61. The van der Waals surface area contributed by atoms with Gasteiger partial charge in [0.1, 0.15) is 30.6 Å². The summed E-state index contributed by atoms with van der Waals surface area (Å²) in [4.78, 5) is 83.1. The third-order valence-electron chi connectivity index (χ3n) is 6.58. The third kappa shape index (κ3) is 6.49. The lowest BCUT2D eigenvalue weighted by atomic mass is 10.1. The molecule has 2 aromatic rings. The predicted octanol–water partition coefficient (Wildman–Crippen LogP) is -1.46. The number of aromatic nitrogens is 4. The molecule has 232 valence electrons. The van der Waals surface area contributed by atoms with E-state index in [2.05, 4.69) is 4.98 Å². The van der Waals surface area contributed by atoms with Crippen molar-refractivity contribution >= 4 is 15.6 Å². The molecule has 0 radical (unpaired) electrons. The molecule has 0 aliphatic carbocycles. The lowest BCUT2D eigenvalue weighted by molar-refractivity contribution is -0.326. The largest absolute Gasteiger partial charge is 0.472 e. The first kappa shape index (κ1) is 30.9. The summed E-state index contributed by atoms with van der Waals surface area (Å²) in [5.41, 5.74) is -2.94. The van der Waals surface area contributed by atoms with Crippen LogP contribution in [0.1, 0.15) is 24.4 Å². The summed E-state index contributed by atoms with van der Waals surface area (Å²) in [5, 5.41) is 0. The first-order valence-electron chi connectivity index (χ1n) is 12.2. The summed E-state index contributed by atoms with van der Waals surface area (Å²) in [6, 6.07) is 1.00. The molecule has 3 aliphatic rings. The molecule has 22 heteroatoms. The van der Waals surface area contributed by atoms with Crippen molar-refractivity contribution in [2.75, 3.05) is 20.3 Å². The standard InChI is InChI=1S/C20H26N4O16P2/c1-9-6-24(20(28)22-17(9)26)14-5-10-11(36-14)7-34-42(31,32)40-15-12(8-35-41(29,30)39-10)37-18(16(15)38-33-2)23-4-3-13(25)21-19(23)27/h3-4,6,10-12,14-16,18H,5,7-8H2,1-2H3,(H,29,30)(H,31,32)(H,21,25,27)(H,22,26,28)/t10-,11+,12+,14+,15+,16+,18+/m0/s1. The smallest absolute Gasteiger partial charge is 0.349 e. The van der Waals surface area contributed by atoms with Gasteiger partial charge in [0.05, 0.1) is 20.3 Å². The summed E-state index contributed by atoms with van der Waals surface area (Å²) >= 11 is 0. The number of rotatable bonds is 4. The zero-order chi connectivity index (χ0) is 30.4. The van der Waals surface area contributed by atoms with Gasteiger partial charge in [-0.25, -0.2) is 28.5 Å². The van der Waals surface area contributed by atoms with Crippen LogP contribution in [-0.4, -0.2) is 79.7 Å². The van der Waals surface area contributed by atoms with E-state index in [-0.39, 0.29) is 12.0 Å². The van der Waals surface area contributed by atoms with Crippen molar-refractivity contribution in [3.05, 3.63) is 65.7 Å². The van der Waals surface area contributed by atoms with Gasteiger partial charge in [-0.2, -0.15) is 0 Å². The maximum absolute atomic E-state index is 13.0. The first-order valence-corrected chi connectivity index (χ1v) is 15.2. The second-order valence-corrected chi connectivity index (χ2v) is 12.2. The van der Waals surface area contributed by atoms with Gasteiger partial charge in [-0.15, -0.1) is 0 Å². The molecule has 20 nitrogen and oxygen atoms in total. The van der Waals surface area contributed by atoms with Gasteiger partial charge in [0.15, 0.2) is 12.3 Å². The first-order chi connectivity index (χ1) is 19.8. The number of hydrogen-bond donors (Lipinski definition) is 4. The van der Waals surface area contributed by atoms with E-state index in [9.17, 15) is 38.1 Å². The Morgan fingerprint density at radius 3 is 2.29 bits per heavy atom. The number of aromatic amines is 2. The Balaban J connectivity index is 1.43. The normalized spacial score (nSPS) is 37.4. The summed E-state index contributed by atoms with van der Waals surface area (Å²) in [6.07, 6.45) is -7.67. The van der Waals surface area contributed by atoms with Gasteiger partial charge in [-0.3, -0.25) is 46.8 Å². The molecule has 0 spiro atoms. The zero-order valence-electron chi connectivity index (χ0n) is 21.8. The van der Waals surface area contributed by atoms with E-state index in [4.69, 9.17) is 37.3 Å². The number of H-pyrrole nitrogens is 2. The van der Waals surface area contributed by atoms with Crippen LogP contribution >= 0.6 is 15.6 Å². The van der Waals surface area contributed by atoms with E-state index in [1.165, 1.54) is 13.1 Å². The summed E-state index contributed by atoms with van der Waals surface area (Å²) in [6.45, 7) is -0.0831. The minimum atomic E-state index is -5.00. The lowest BCUT2D eigenvalue weighted by Gasteiger charge is -2.28. The van der Waals surface area contributed by atoms with Crippen LogP contribution in [0.15, 0.2) is 37.6 Å². The second kappa shape index (κ2) is 11.8. The number of nitrogens with zero attached hydrogens (tertiary/aromatic N) is 2. The van der Waals surface area contributed by atoms with E-state index in [1.54, 1.807) is 0 Å². The van der Waals surface area contributed by atoms with Crippen LogP contribution < -0.4 is 22.5 Å². The van der Waals surface area contributed by atoms with Crippen molar-refractivity contribution in [3.63, 3.8) is 0 Å². The monoisotopic (exact) mass is 640 g/mol. The molecule has 0 bridgehead atoms. The molecule has 9 atom stereocenters. The van der Waals surface area contributed by atoms with Crippen LogP contribution in [-0.2, 0) is 46.5 Å². The van der Waals surface area contributed by atoms with Gasteiger partial charge >= 0.3 is 27.0 Å². The molecule has 3 aliphatic heterocycles. The molecule has 5 heterocycles. The van der Waals surface area contributed by atoms with Crippen molar-refractivity contribution in [3.8, 4) is 0 Å². The number of aryl methyl sites for hydroxylation is 1. The molecule has 5 rings (SSSR count). The molecule has 3 saturated heterocycles. The van der Waals surface area contributed by atoms with Crippen molar-refractivity contribution < 1.29 is 56.3 Å². The Morgan fingerprint density at radius 1 is 0.929 bits per heavy atom. The highest BCUT2D eigenvalue weighted by atomic mass is 31.2. The van der Waals surface area contributed by atoms with Crippen LogP contribution in [0.2, 0.25) is 0 Å². The van der Waals surface area contributed by atoms with Crippen molar-refractivity contribution in [1.29, 1.82) is 0 Å². The molecular weight excluding hydrogens is 614 g/mol. The molecule has 3 fully saturated rings. The van der Waals surface area contributed by atoms with E-state index in [0.29, 0.717) is 0 Å². The molecule has 2 aromatic heterocycles. The Bertz CT molecular complexity index is 1650. The highest BCUT2D eigenvalue weighted by Gasteiger charge is 2.53. The lowest BCUT2D eigenvalue weighted by Crippen LogP contribution is -2.40. The van der Waals surface area contributed by atoms with Crippen LogP contribution in [0.4, 0.5) is 0 Å². The Labute approximate surface area is 233 Å². The highest BCUT2D eigenvalue weighted by Crippen LogP contribution is 2.53. The number of ether oxygens (including phenoxy) is 2. The van der Waals surface area contributed by atoms with Gasteiger partial charge in [0, 0.05) is 30.4 Å². The van der Waals surface area contributed by atoms with Gasteiger partial charge in [-0.05, 0) is 6.92 Å². The maximum atomic E-state index is 13.0. The summed E-state index contributed by atoms with van der Waals surface area (Å²) < 4.78 is 60.2. The predicted molar refractivity (Wildman–Crippen MR) is 133 cm³/mol. The van der Waals surface area contributed by atoms with E-state index < -0.39 is 94.3 Å². The number of fused-ring (bicyclic) bond motifs is 2. The van der Waals surface area contributed by atoms with Gasteiger partial charge in [0.2, 0.25) is 0 Å². The maximum Gasteiger partial charge on any atom is 0.472 e. The van der Waals surface area contributed by atoms with E-state index >= 15 is 0 Å². The zero-order valence-corrected chi connectivity index (χ0v) is 23.6. The Hall–Kier alpha value is -2.58. The van der Waals surface area contributed by atoms with Crippen LogP contribution in [0, 0.1) is 6.92 Å². The Kier molecular flexibility index (Phi) is 8.70. The minimum absolute atomic E-state index is 0.174. The molecule has 4 N–H and O–H groups in total. The van der Waals surface area contributed by atoms with E-state index in [1.807, 2.05) is 4.98 Å². The van der Waals surface area contributed by atoms with Crippen LogP contribution in [0.3, 0.4) is 0 Å². The SMILES string of the molecule is COO[C@@H]1[C@@H]2OP(=O)(O)OC[C@H]3O[C@@H](n4cc(C)c(=O)[nH]c4=O)C[C@@H]3OP(=O)(O)OC[C@H]2O[C@H]1n1ccc(=O)[nH]c1=O.